The number of nitrogens with one attached hydrogen (secondary N) is 2. The van der Waals surface area contributed by atoms with E-state index in [0.29, 0.717) is 43.9 Å². The zero-order valence-corrected chi connectivity index (χ0v) is 25.9. The molecule has 1 atom stereocenters. The summed E-state index contributed by atoms with van der Waals surface area (Å²) >= 11 is 5.91. The second-order valence-corrected chi connectivity index (χ2v) is 13.6. The van der Waals surface area contributed by atoms with E-state index in [1.807, 2.05) is 30.3 Å². The van der Waals surface area contributed by atoms with Crippen molar-refractivity contribution in [2.75, 3.05) is 50.8 Å². The van der Waals surface area contributed by atoms with E-state index in [2.05, 4.69) is 20.6 Å². The maximum Gasteiger partial charge on any atom is 0.253 e. The fourth-order valence-corrected chi connectivity index (χ4v) is 7.42. The van der Waals surface area contributed by atoms with Gasteiger partial charge in [-0.15, -0.1) is 0 Å². The highest BCUT2D eigenvalue weighted by Crippen LogP contribution is 2.30. The number of carbonyl (C=O) groups is 2. The molecule has 236 valence electrons. The van der Waals surface area contributed by atoms with Crippen LogP contribution in [0.5, 0.6) is 0 Å². The number of halogens is 1. The van der Waals surface area contributed by atoms with E-state index in [1.54, 1.807) is 17.0 Å². The summed E-state index contributed by atoms with van der Waals surface area (Å²) in [5, 5.41) is 6.48. The third-order valence-corrected chi connectivity index (χ3v) is 10.5. The summed E-state index contributed by atoms with van der Waals surface area (Å²) in [6.07, 6.45) is 2.20. The van der Waals surface area contributed by atoms with Crippen molar-refractivity contribution < 1.29 is 22.7 Å². The van der Waals surface area contributed by atoms with Gasteiger partial charge < -0.3 is 31.7 Å². The molecule has 4 heterocycles. The molecule has 1 amide bonds. The molecule has 1 unspecified atom stereocenters. The van der Waals surface area contributed by atoms with Gasteiger partial charge >= 0.3 is 0 Å². The van der Waals surface area contributed by atoms with Crippen molar-refractivity contribution in [1.82, 2.24) is 29.8 Å². The molecule has 0 bridgehead atoms. The number of morpholine rings is 1. The molecule has 0 radical (unpaired) electrons. The van der Waals surface area contributed by atoms with Crippen LogP contribution in [-0.2, 0) is 14.8 Å². The molecule has 3 fully saturated rings. The van der Waals surface area contributed by atoms with E-state index >= 15 is 0 Å². The Kier molecular flexibility index (Phi) is 8.39. The number of ketones is 1. The number of hydrogen-bond donors (Lipinski definition) is 4. The molecule has 6 N–H and O–H groups in total. The summed E-state index contributed by atoms with van der Waals surface area (Å²) < 4.78 is 34.5. The first-order valence-electron chi connectivity index (χ1n) is 14.5. The first-order chi connectivity index (χ1) is 21.5. The number of rotatable bonds is 6. The van der Waals surface area contributed by atoms with Gasteiger partial charge in [0.05, 0.1) is 23.1 Å². The first-order valence-corrected chi connectivity index (χ1v) is 16.3. The first kappa shape index (κ1) is 30.8. The van der Waals surface area contributed by atoms with Crippen molar-refractivity contribution in [3.05, 3.63) is 88.5 Å². The summed E-state index contributed by atoms with van der Waals surface area (Å²) in [5.74, 6) is -0.389. The second-order valence-electron chi connectivity index (χ2n) is 11.3. The van der Waals surface area contributed by atoms with Crippen LogP contribution in [0.25, 0.3) is 0 Å². The van der Waals surface area contributed by atoms with Crippen molar-refractivity contribution in [1.29, 1.82) is 0 Å². The maximum absolute atomic E-state index is 13.6. The quantitative estimate of drug-likeness (QED) is 0.225. The van der Waals surface area contributed by atoms with Crippen molar-refractivity contribution in [3.63, 3.8) is 0 Å². The van der Waals surface area contributed by atoms with Gasteiger partial charge in [0.15, 0.2) is 22.5 Å². The monoisotopic (exact) mass is 652 g/mol. The van der Waals surface area contributed by atoms with Gasteiger partial charge in [-0.2, -0.15) is 4.31 Å². The van der Waals surface area contributed by atoms with Gasteiger partial charge in [-0.1, -0.05) is 48.0 Å². The highest BCUT2D eigenvalue weighted by atomic mass is 35.5. The molecule has 3 saturated heterocycles. The van der Waals surface area contributed by atoms with Crippen LogP contribution in [0.15, 0.2) is 71.4 Å². The number of nitrogens with two attached hydrogens (primary N) is 2. The number of carbonyl (C=O) groups excluding carboxylic acids is 2. The standard InChI is InChI=1S/C30H33ClN8O5S/c31-26-28(33)36-27(32)25(35-26)22(40)16-24-34-18-30(37-24)9-11-38(12-10-30)29(41)20-7-4-8-21(15-20)45(42,43)39-13-14-44-23(17-39)19-5-2-1-3-6-19/h1-8,15-16,23,34,37H,9-14,17-18H2,(H4,32,33,36)/b24-16+. The largest absolute Gasteiger partial charge is 0.382 e. The van der Waals surface area contributed by atoms with Gasteiger partial charge in [0.2, 0.25) is 15.8 Å². The van der Waals surface area contributed by atoms with Gasteiger partial charge in [0, 0.05) is 44.4 Å². The van der Waals surface area contributed by atoms with Crippen LogP contribution in [0.3, 0.4) is 0 Å². The molecule has 3 aliphatic heterocycles. The van der Waals surface area contributed by atoms with Crippen LogP contribution in [0.2, 0.25) is 5.15 Å². The molecule has 15 heteroatoms. The van der Waals surface area contributed by atoms with Crippen molar-refractivity contribution in [2.45, 2.75) is 29.4 Å². The lowest BCUT2D eigenvalue weighted by molar-refractivity contribution is -0.00255. The lowest BCUT2D eigenvalue weighted by Gasteiger charge is -2.39. The molecule has 1 aromatic heterocycles. The summed E-state index contributed by atoms with van der Waals surface area (Å²) in [5.41, 5.74) is 12.2. The Labute approximate surface area is 265 Å². The number of amides is 1. The molecular formula is C30H33ClN8O5S. The lowest BCUT2D eigenvalue weighted by Crippen LogP contribution is -2.53. The van der Waals surface area contributed by atoms with Crippen LogP contribution < -0.4 is 22.1 Å². The molecule has 13 nitrogen and oxygen atoms in total. The fraction of sp³-hybridized carbons (Fsp3) is 0.333. The summed E-state index contributed by atoms with van der Waals surface area (Å²) in [7, 11) is -3.85. The van der Waals surface area contributed by atoms with Crippen molar-refractivity contribution in [3.8, 4) is 0 Å². The Balaban J connectivity index is 1.09. The minimum Gasteiger partial charge on any atom is -0.382 e. The van der Waals surface area contributed by atoms with Crippen LogP contribution in [0, 0.1) is 0 Å². The van der Waals surface area contributed by atoms with Crippen LogP contribution in [0.1, 0.15) is 45.4 Å². The maximum atomic E-state index is 13.6. The smallest absolute Gasteiger partial charge is 0.253 e. The molecule has 3 aliphatic rings. The third-order valence-electron chi connectivity index (χ3n) is 8.36. The predicted molar refractivity (Wildman–Crippen MR) is 168 cm³/mol. The van der Waals surface area contributed by atoms with Crippen LogP contribution >= 0.6 is 11.6 Å². The van der Waals surface area contributed by atoms with E-state index in [-0.39, 0.29) is 64.6 Å². The number of likely N-dealkylation sites (tertiary alicyclic amines) is 1. The van der Waals surface area contributed by atoms with E-state index in [9.17, 15) is 18.0 Å². The van der Waals surface area contributed by atoms with Crippen LogP contribution in [-0.4, -0.2) is 84.2 Å². The number of sulfonamides is 1. The molecule has 6 rings (SSSR count). The average molecular weight is 653 g/mol. The van der Waals surface area contributed by atoms with Gasteiger partial charge in [-0.3, -0.25) is 9.59 Å². The third kappa shape index (κ3) is 6.31. The Morgan fingerprint density at radius 2 is 1.78 bits per heavy atom. The molecule has 0 saturated carbocycles. The minimum absolute atomic E-state index is 0.0572. The number of benzene rings is 2. The normalized spacial score (nSPS) is 21.0. The Morgan fingerprint density at radius 3 is 2.53 bits per heavy atom. The number of allylic oxidation sites excluding steroid dienone is 1. The van der Waals surface area contributed by atoms with Gasteiger partial charge in [0.1, 0.15) is 5.82 Å². The van der Waals surface area contributed by atoms with Crippen molar-refractivity contribution in [2.24, 2.45) is 0 Å². The fourth-order valence-electron chi connectivity index (χ4n) is 5.82. The van der Waals surface area contributed by atoms with Crippen molar-refractivity contribution >= 4 is 45.0 Å². The lowest BCUT2D eigenvalue weighted by atomic mass is 9.88. The highest BCUT2D eigenvalue weighted by molar-refractivity contribution is 7.89. The van der Waals surface area contributed by atoms with Gasteiger partial charge in [0.25, 0.3) is 5.91 Å². The number of aromatic nitrogens is 2. The number of ether oxygens (including phenoxy) is 1. The zero-order chi connectivity index (χ0) is 31.8. The van der Waals surface area contributed by atoms with Gasteiger partial charge in [-0.05, 0) is 36.6 Å². The molecule has 1 spiro atoms. The van der Waals surface area contributed by atoms with E-state index < -0.39 is 15.8 Å². The molecule has 2 aromatic carbocycles. The molecule has 3 aromatic rings. The SMILES string of the molecule is Nc1nc(N)c(C(=O)/C=C2\NCC3(CCN(C(=O)c4cccc(S(=O)(=O)N5CCOC(c6ccccc6)C5)c4)CC3)N2)nc1Cl. The summed E-state index contributed by atoms with van der Waals surface area (Å²) in [6.45, 7) is 2.14. The average Bonchev–Trinajstić information content (AvgIpc) is 3.44. The number of piperidine rings is 1. The topological polar surface area (TPSA) is 186 Å². The minimum atomic E-state index is -3.85. The zero-order valence-electron chi connectivity index (χ0n) is 24.3. The van der Waals surface area contributed by atoms with E-state index in [0.717, 1.165) is 5.56 Å². The summed E-state index contributed by atoms with van der Waals surface area (Å²) in [4.78, 5) is 35.9. The second kappa shape index (κ2) is 12.3. The number of nitrogen functional groups attached to an aromatic ring is 2. The number of nitrogens with zero attached hydrogens (tertiary/aromatic N) is 4. The molecule has 0 aliphatic carbocycles. The number of hydrogen-bond acceptors (Lipinski definition) is 11. The van der Waals surface area contributed by atoms with Crippen LogP contribution in [0.4, 0.5) is 11.6 Å². The van der Waals surface area contributed by atoms with E-state index in [4.69, 9.17) is 27.8 Å². The number of anilines is 2. The molecule has 45 heavy (non-hydrogen) atoms. The summed E-state index contributed by atoms with van der Waals surface area (Å²) in [6, 6.07) is 15.7. The Hall–Kier alpha value is -4.24. The highest BCUT2D eigenvalue weighted by Gasteiger charge is 2.40. The predicted octanol–water partition coefficient (Wildman–Crippen LogP) is 1.95. The van der Waals surface area contributed by atoms with E-state index in [1.165, 1.54) is 22.5 Å². The van der Waals surface area contributed by atoms with Gasteiger partial charge in [-0.25, -0.2) is 18.4 Å². The Morgan fingerprint density at radius 1 is 1.02 bits per heavy atom. The molecular weight excluding hydrogens is 620 g/mol. The Bertz CT molecular complexity index is 1760.